The van der Waals surface area contributed by atoms with Crippen LogP contribution in [0.1, 0.15) is 25.3 Å². The van der Waals surface area contributed by atoms with Crippen LogP contribution in [0.4, 0.5) is 0 Å². The van der Waals surface area contributed by atoms with Gasteiger partial charge in [0.25, 0.3) is 10.2 Å². The third-order valence-corrected chi connectivity index (χ3v) is 6.48. The summed E-state index contributed by atoms with van der Waals surface area (Å²) in [6.45, 7) is 2.65. The molecule has 1 fully saturated rings. The first-order chi connectivity index (χ1) is 12.3. The highest BCUT2D eigenvalue weighted by molar-refractivity contribution is 7.87. The molecule has 1 aromatic carbocycles. The zero-order valence-electron chi connectivity index (χ0n) is 15.2. The van der Waals surface area contributed by atoms with Gasteiger partial charge in [-0.2, -0.15) is 17.4 Å². The largest absolute Gasteiger partial charge is 0.488 e. The van der Waals surface area contributed by atoms with Crippen molar-refractivity contribution in [1.82, 2.24) is 9.03 Å². The van der Waals surface area contributed by atoms with Crippen molar-refractivity contribution >= 4 is 28.8 Å². The van der Waals surface area contributed by atoms with E-state index >= 15 is 0 Å². The van der Waals surface area contributed by atoms with Crippen LogP contribution in [0.2, 0.25) is 0 Å². The number of nitrogens with two attached hydrogens (primary N) is 2. The number of carboxylic acid groups (broad SMARTS) is 1. The molecule has 8 N–H and O–H groups in total. The Balaban J connectivity index is 2.41. The molecule has 1 saturated heterocycles. The Bertz CT molecular complexity index is 818. The monoisotopic (exact) mass is 400 g/mol. The van der Waals surface area contributed by atoms with E-state index in [1.807, 2.05) is 0 Å². The summed E-state index contributed by atoms with van der Waals surface area (Å²) in [5.74, 6) is -2.23. The van der Waals surface area contributed by atoms with Gasteiger partial charge in [-0.05, 0) is 24.9 Å². The van der Waals surface area contributed by atoms with Gasteiger partial charge in [0.2, 0.25) is 0 Å². The summed E-state index contributed by atoms with van der Waals surface area (Å²) in [7, 11) is -5.78. The van der Waals surface area contributed by atoms with E-state index in [4.69, 9.17) is 11.5 Å². The van der Waals surface area contributed by atoms with Crippen molar-refractivity contribution in [1.29, 1.82) is 0 Å². The molecular weight excluding hydrogens is 375 g/mol. The summed E-state index contributed by atoms with van der Waals surface area (Å²) in [6.07, 6.45) is 0. The zero-order chi connectivity index (χ0) is 20.6. The number of hydrogen-bond acceptors (Lipinski definition) is 7. The van der Waals surface area contributed by atoms with Crippen molar-refractivity contribution < 1.29 is 28.4 Å². The molecule has 0 aliphatic carbocycles. The molecule has 12 heteroatoms. The second-order valence-electron chi connectivity index (χ2n) is 7.43. The first kappa shape index (κ1) is 21.8. The molecule has 0 amide bonds. The van der Waals surface area contributed by atoms with Gasteiger partial charge in [0.1, 0.15) is 5.54 Å². The predicted octanol–water partition coefficient (Wildman–Crippen LogP) is -2.88. The Hall–Kier alpha value is -1.54. The lowest BCUT2D eigenvalue weighted by molar-refractivity contribution is -0.143. The van der Waals surface area contributed by atoms with Crippen LogP contribution >= 0.6 is 0 Å². The number of carbonyl (C=O) groups is 1. The summed E-state index contributed by atoms with van der Waals surface area (Å²) in [6, 6.07) is 5.98. The minimum absolute atomic E-state index is 0.0482. The molecule has 1 aliphatic rings. The smallest absolute Gasteiger partial charge is 0.480 e. The lowest BCUT2D eigenvalue weighted by Crippen LogP contribution is -2.56. The molecule has 0 bridgehead atoms. The third-order valence-electron chi connectivity index (χ3n) is 4.71. The Kier molecular flexibility index (Phi) is 6.02. The molecule has 2 unspecified atom stereocenters. The van der Waals surface area contributed by atoms with E-state index in [0.29, 0.717) is 5.56 Å². The molecule has 1 aliphatic heterocycles. The van der Waals surface area contributed by atoms with Gasteiger partial charge in [-0.15, -0.1) is 0 Å². The number of carboxylic acids is 1. The number of hydrogen-bond donors (Lipinski definition) is 6. The van der Waals surface area contributed by atoms with Crippen LogP contribution in [0.3, 0.4) is 0 Å². The number of aliphatic carboxylic acids is 1. The lowest BCUT2D eigenvalue weighted by atomic mass is 9.76. The van der Waals surface area contributed by atoms with Crippen LogP contribution in [0.5, 0.6) is 0 Å². The summed E-state index contributed by atoms with van der Waals surface area (Å²) < 4.78 is 28.8. The van der Waals surface area contributed by atoms with Gasteiger partial charge < -0.3 is 26.6 Å². The zero-order valence-corrected chi connectivity index (χ0v) is 16.0. The molecule has 2 atom stereocenters. The Morgan fingerprint density at radius 1 is 1.44 bits per heavy atom. The normalized spacial score (nSPS) is 24.1. The fourth-order valence-corrected chi connectivity index (χ4v) is 4.67. The fourth-order valence-electron chi connectivity index (χ4n) is 3.03. The maximum atomic E-state index is 12.7. The Morgan fingerprint density at radius 2 is 2.07 bits per heavy atom. The Labute approximate surface area is 158 Å². The van der Waals surface area contributed by atoms with Crippen LogP contribution in [0.15, 0.2) is 24.3 Å². The first-order valence-electron chi connectivity index (χ1n) is 8.30. The maximum absolute atomic E-state index is 12.7. The van der Waals surface area contributed by atoms with Gasteiger partial charge in [-0.1, -0.05) is 24.3 Å². The summed E-state index contributed by atoms with van der Waals surface area (Å²) in [5.41, 5.74) is 9.44. The van der Waals surface area contributed by atoms with E-state index in [1.54, 1.807) is 19.9 Å². The number of nitrogens with one attached hydrogen (secondary N) is 1. The molecule has 0 radical (unpaired) electrons. The average molecular weight is 400 g/mol. The van der Waals surface area contributed by atoms with Crippen LogP contribution in [0, 0.1) is 0 Å². The topological polar surface area (TPSA) is 179 Å². The molecule has 0 saturated carbocycles. The lowest BCUT2D eigenvalue weighted by Gasteiger charge is -2.28. The van der Waals surface area contributed by atoms with Crippen molar-refractivity contribution in [2.75, 3.05) is 19.6 Å². The second-order valence-corrected chi connectivity index (χ2v) is 9.10. The van der Waals surface area contributed by atoms with Crippen molar-refractivity contribution in [2.24, 2.45) is 11.5 Å². The van der Waals surface area contributed by atoms with Gasteiger partial charge in [-0.25, -0.2) is 0 Å². The minimum atomic E-state index is -4.04. The van der Waals surface area contributed by atoms with Gasteiger partial charge in [-0.3, -0.25) is 4.79 Å². The quantitative estimate of drug-likeness (QED) is 0.264. The standard InChI is InChI=1S/C15H25BN4O6S/c1-14(2,8-17)19-27(25,26)20-7-12(15(18,9-20)13(21)22)10-4-3-5-11(6-10)16(23)24/h3-6,12,19,23-24H,7-9,17-18H2,1-2H3,(H,21,22). The molecule has 150 valence electrons. The van der Waals surface area contributed by atoms with Crippen molar-refractivity contribution in [3.63, 3.8) is 0 Å². The fraction of sp³-hybridized carbons (Fsp3) is 0.533. The van der Waals surface area contributed by atoms with Crippen LogP contribution in [-0.4, -0.2) is 71.7 Å². The van der Waals surface area contributed by atoms with E-state index in [9.17, 15) is 28.4 Å². The molecule has 0 spiro atoms. The van der Waals surface area contributed by atoms with E-state index in [0.717, 1.165) is 4.31 Å². The summed E-state index contributed by atoms with van der Waals surface area (Å²) in [5, 5.41) is 28.4. The number of benzene rings is 1. The molecule has 27 heavy (non-hydrogen) atoms. The van der Waals surface area contributed by atoms with Crippen LogP contribution in [-0.2, 0) is 15.0 Å². The first-order valence-corrected chi connectivity index (χ1v) is 9.74. The van der Waals surface area contributed by atoms with Crippen molar-refractivity contribution in [3.05, 3.63) is 29.8 Å². The number of rotatable bonds is 7. The second kappa shape index (κ2) is 7.47. The van der Waals surface area contributed by atoms with Gasteiger partial charge in [0, 0.05) is 31.1 Å². The molecule has 0 aromatic heterocycles. The molecule has 1 aromatic rings. The summed E-state index contributed by atoms with van der Waals surface area (Å²) >= 11 is 0. The van der Waals surface area contributed by atoms with Crippen LogP contribution in [0.25, 0.3) is 0 Å². The van der Waals surface area contributed by atoms with E-state index in [2.05, 4.69) is 4.72 Å². The third kappa shape index (κ3) is 4.49. The highest BCUT2D eigenvalue weighted by Gasteiger charge is 2.53. The Morgan fingerprint density at radius 3 is 2.59 bits per heavy atom. The molecule has 2 rings (SSSR count). The van der Waals surface area contributed by atoms with E-state index in [-0.39, 0.29) is 18.6 Å². The minimum Gasteiger partial charge on any atom is -0.480 e. The maximum Gasteiger partial charge on any atom is 0.488 e. The van der Waals surface area contributed by atoms with Gasteiger partial charge >= 0.3 is 13.1 Å². The number of nitrogens with zero attached hydrogens (tertiary/aromatic N) is 1. The van der Waals surface area contributed by atoms with Gasteiger partial charge in [0.15, 0.2) is 0 Å². The molecular formula is C15H25BN4O6S. The summed E-state index contributed by atoms with van der Waals surface area (Å²) in [4.78, 5) is 11.9. The highest BCUT2D eigenvalue weighted by atomic mass is 32.2. The van der Waals surface area contributed by atoms with E-state index < -0.39 is 46.8 Å². The SMILES string of the molecule is CC(C)(CN)NS(=O)(=O)N1CC(c2cccc(B(O)O)c2)C(N)(C(=O)O)C1. The average Bonchev–Trinajstić information content (AvgIpc) is 2.94. The van der Waals surface area contributed by atoms with Crippen LogP contribution < -0.4 is 21.7 Å². The molecule has 1 heterocycles. The van der Waals surface area contributed by atoms with Crippen molar-refractivity contribution in [3.8, 4) is 0 Å². The predicted molar refractivity (Wildman–Crippen MR) is 100 cm³/mol. The molecule has 10 nitrogen and oxygen atoms in total. The van der Waals surface area contributed by atoms with Crippen molar-refractivity contribution in [2.45, 2.75) is 30.8 Å². The highest BCUT2D eigenvalue weighted by Crippen LogP contribution is 2.35. The van der Waals surface area contributed by atoms with E-state index in [1.165, 1.54) is 18.2 Å². The van der Waals surface area contributed by atoms with Gasteiger partial charge in [0.05, 0.1) is 0 Å².